The van der Waals surface area contributed by atoms with Gasteiger partial charge in [0.1, 0.15) is 12.1 Å². The predicted molar refractivity (Wildman–Crippen MR) is 139 cm³/mol. The number of benzene rings is 1. The van der Waals surface area contributed by atoms with Gasteiger partial charge in [0.25, 0.3) is 0 Å². The average molecular weight is 495 g/mol. The van der Waals surface area contributed by atoms with E-state index in [1.54, 1.807) is 31.4 Å². The van der Waals surface area contributed by atoms with Crippen molar-refractivity contribution in [3.05, 3.63) is 54.6 Å². The number of hydrogen-bond donors (Lipinski definition) is 1. The van der Waals surface area contributed by atoms with E-state index in [1.807, 2.05) is 24.4 Å². The molecular formula is C27H34N4O3S. The third-order valence-electron chi connectivity index (χ3n) is 6.98. The Hall–Kier alpha value is -2.71. The maximum Gasteiger partial charge on any atom is 0.303 e. The van der Waals surface area contributed by atoms with Crippen LogP contribution < -0.4 is 4.74 Å². The molecule has 0 aliphatic carbocycles. The molecule has 1 saturated heterocycles. The van der Waals surface area contributed by atoms with Gasteiger partial charge in [0.15, 0.2) is 0 Å². The van der Waals surface area contributed by atoms with Gasteiger partial charge < -0.3 is 14.7 Å². The number of nitrogens with zero attached hydrogens (tertiary/aromatic N) is 4. The summed E-state index contributed by atoms with van der Waals surface area (Å²) < 4.78 is 5.41. The number of carboxylic acid groups (broad SMARTS) is 1. The van der Waals surface area contributed by atoms with Gasteiger partial charge in [0, 0.05) is 43.0 Å². The first-order valence-corrected chi connectivity index (χ1v) is 13.4. The summed E-state index contributed by atoms with van der Waals surface area (Å²) in [6, 6.07) is 10.1. The molecule has 7 nitrogen and oxygen atoms in total. The molecule has 0 saturated carbocycles. The van der Waals surface area contributed by atoms with Gasteiger partial charge in [-0.1, -0.05) is 0 Å². The van der Waals surface area contributed by atoms with Crippen molar-refractivity contribution in [3.63, 3.8) is 0 Å². The minimum absolute atomic E-state index is 0.249. The van der Waals surface area contributed by atoms with Gasteiger partial charge >= 0.3 is 5.97 Å². The Morgan fingerprint density at radius 3 is 2.89 bits per heavy atom. The van der Waals surface area contributed by atoms with E-state index in [0.29, 0.717) is 11.8 Å². The quantitative estimate of drug-likeness (QED) is 0.279. The largest absolute Gasteiger partial charge is 0.497 e. The average Bonchev–Trinajstić information content (AvgIpc) is 2.88. The summed E-state index contributed by atoms with van der Waals surface area (Å²) >= 11 is 1.75. The van der Waals surface area contributed by atoms with E-state index >= 15 is 0 Å². The third kappa shape index (κ3) is 7.39. The number of thioether (sulfide) groups is 1. The second-order valence-corrected chi connectivity index (χ2v) is 10.3. The Labute approximate surface area is 211 Å². The summed E-state index contributed by atoms with van der Waals surface area (Å²) in [6.45, 7) is 3.06. The fraction of sp³-hybridized carbons (Fsp3) is 0.481. The molecule has 0 amide bonds. The van der Waals surface area contributed by atoms with Gasteiger partial charge in [-0.3, -0.25) is 9.78 Å². The van der Waals surface area contributed by atoms with Crippen molar-refractivity contribution < 1.29 is 14.6 Å². The fourth-order valence-electron chi connectivity index (χ4n) is 5.10. The molecule has 1 fully saturated rings. The van der Waals surface area contributed by atoms with Crippen molar-refractivity contribution in [1.82, 2.24) is 19.9 Å². The number of carbonyl (C=O) groups is 1. The molecule has 1 aliphatic heterocycles. The molecule has 8 heteroatoms. The zero-order valence-corrected chi connectivity index (χ0v) is 21.1. The molecule has 35 heavy (non-hydrogen) atoms. The maximum atomic E-state index is 11.3. The lowest BCUT2D eigenvalue weighted by Gasteiger charge is -2.39. The third-order valence-corrected chi connectivity index (χ3v) is 7.90. The van der Waals surface area contributed by atoms with Crippen molar-refractivity contribution >= 4 is 28.6 Å². The van der Waals surface area contributed by atoms with Gasteiger partial charge in [0.05, 0.1) is 17.7 Å². The summed E-state index contributed by atoms with van der Waals surface area (Å²) in [7, 11) is 1.69. The summed E-state index contributed by atoms with van der Waals surface area (Å²) in [5, 5.41) is 11.4. The van der Waals surface area contributed by atoms with E-state index in [0.717, 1.165) is 79.2 Å². The molecular weight excluding hydrogens is 460 g/mol. The first-order chi connectivity index (χ1) is 17.1. The van der Waals surface area contributed by atoms with Crippen molar-refractivity contribution in [2.24, 2.45) is 11.8 Å². The second kappa shape index (κ2) is 12.8. The van der Waals surface area contributed by atoms with Crippen LogP contribution >= 0.6 is 11.8 Å². The van der Waals surface area contributed by atoms with Crippen LogP contribution in [0, 0.1) is 11.8 Å². The smallest absolute Gasteiger partial charge is 0.303 e. The highest BCUT2D eigenvalue weighted by atomic mass is 32.2. The molecule has 1 aromatic carbocycles. The molecule has 2 aromatic heterocycles. The van der Waals surface area contributed by atoms with Crippen molar-refractivity contribution in [3.8, 4) is 5.75 Å². The van der Waals surface area contributed by atoms with Crippen LogP contribution in [-0.2, 0) is 11.2 Å². The van der Waals surface area contributed by atoms with Gasteiger partial charge in [0.2, 0.25) is 0 Å². The zero-order valence-electron chi connectivity index (χ0n) is 20.3. The fourth-order valence-corrected chi connectivity index (χ4v) is 5.94. The summed E-state index contributed by atoms with van der Waals surface area (Å²) in [5.74, 6) is 2.13. The van der Waals surface area contributed by atoms with E-state index in [-0.39, 0.29) is 6.42 Å². The van der Waals surface area contributed by atoms with Crippen LogP contribution in [0.3, 0.4) is 0 Å². The first kappa shape index (κ1) is 25.4. The second-order valence-electron chi connectivity index (χ2n) is 9.18. The molecule has 3 aromatic rings. The Kier molecular flexibility index (Phi) is 9.31. The summed E-state index contributed by atoms with van der Waals surface area (Å²) in [6.07, 6.45) is 10.6. The number of ether oxygens (including phenoxy) is 1. The Bertz CT molecular complexity index is 1100. The van der Waals surface area contributed by atoms with Gasteiger partial charge in [-0.25, -0.2) is 9.97 Å². The molecule has 2 unspecified atom stereocenters. The van der Waals surface area contributed by atoms with E-state index in [4.69, 9.17) is 4.74 Å². The number of fused-ring (bicyclic) bond motifs is 1. The van der Waals surface area contributed by atoms with Crippen LogP contribution in [0.1, 0.15) is 37.7 Å². The summed E-state index contributed by atoms with van der Waals surface area (Å²) in [5.41, 5.74) is 2.30. The van der Waals surface area contributed by atoms with Crippen LogP contribution in [-0.4, -0.2) is 63.4 Å². The molecule has 186 valence electrons. The molecule has 3 heterocycles. The van der Waals surface area contributed by atoms with E-state index in [1.165, 1.54) is 5.56 Å². The monoisotopic (exact) mass is 494 g/mol. The van der Waals surface area contributed by atoms with Crippen LogP contribution in [0.4, 0.5) is 0 Å². The molecule has 2 atom stereocenters. The first-order valence-electron chi connectivity index (χ1n) is 12.4. The normalized spacial score (nSPS) is 18.5. The molecule has 0 spiro atoms. The highest BCUT2D eigenvalue weighted by Gasteiger charge is 2.29. The standard InChI is InChI=1S/C27H34N4O3S/c1-34-23-6-7-25-24(17-23)21(9-13-29-25)4-2-3-20-11-14-31(18-22(20)5-8-27(32)33)15-16-35-26-10-12-28-19-30-26/h6-7,9-10,12-13,17,19-20,22H,2-5,8,11,14-16,18H2,1H3,(H,32,33). The number of likely N-dealkylation sites (tertiary alicyclic amines) is 1. The Morgan fingerprint density at radius 1 is 1.17 bits per heavy atom. The van der Waals surface area contributed by atoms with Gasteiger partial charge in [-0.15, -0.1) is 11.8 Å². The molecule has 0 radical (unpaired) electrons. The van der Waals surface area contributed by atoms with Gasteiger partial charge in [-0.2, -0.15) is 0 Å². The lowest BCUT2D eigenvalue weighted by atomic mass is 9.79. The number of aliphatic carboxylic acids is 1. The number of rotatable bonds is 12. The molecule has 4 rings (SSSR count). The number of carboxylic acids is 1. The van der Waals surface area contributed by atoms with E-state index in [2.05, 4.69) is 32.0 Å². The minimum atomic E-state index is -0.697. The predicted octanol–water partition coefficient (Wildman–Crippen LogP) is 4.95. The zero-order chi connectivity index (χ0) is 24.5. The molecule has 1 N–H and O–H groups in total. The number of aryl methyl sites for hydroxylation is 1. The summed E-state index contributed by atoms with van der Waals surface area (Å²) in [4.78, 5) is 26.5. The Balaban J connectivity index is 1.31. The van der Waals surface area contributed by atoms with Crippen LogP contribution in [0.25, 0.3) is 10.9 Å². The van der Waals surface area contributed by atoms with Crippen LogP contribution in [0.2, 0.25) is 0 Å². The maximum absolute atomic E-state index is 11.3. The number of piperidine rings is 1. The van der Waals surface area contributed by atoms with Crippen molar-refractivity contribution in [2.45, 2.75) is 43.6 Å². The topological polar surface area (TPSA) is 88.4 Å². The lowest BCUT2D eigenvalue weighted by molar-refractivity contribution is -0.137. The minimum Gasteiger partial charge on any atom is -0.497 e. The Morgan fingerprint density at radius 2 is 2.09 bits per heavy atom. The van der Waals surface area contributed by atoms with Crippen molar-refractivity contribution in [1.29, 1.82) is 0 Å². The number of aromatic nitrogens is 3. The highest BCUT2D eigenvalue weighted by Crippen LogP contribution is 2.32. The number of hydrogen-bond acceptors (Lipinski definition) is 7. The molecule has 0 bridgehead atoms. The highest BCUT2D eigenvalue weighted by molar-refractivity contribution is 7.99. The van der Waals surface area contributed by atoms with Crippen LogP contribution in [0.15, 0.2) is 54.1 Å². The van der Waals surface area contributed by atoms with E-state index < -0.39 is 5.97 Å². The SMILES string of the molecule is COc1ccc2nccc(CCCC3CCN(CCSc4ccncn4)CC3CCC(=O)O)c2c1. The lowest BCUT2D eigenvalue weighted by Crippen LogP contribution is -2.41. The van der Waals surface area contributed by atoms with Crippen molar-refractivity contribution in [2.75, 3.05) is 32.5 Å². The van der Waals surface area contributed by atoms with E-state index in [9.17, 15) is 9.90 Å². The van der Waals surface area contributed by atoms with Gasteiger partial charge in [-0.05, 0) is 86.4 Å². The number of methoxy groups -OCH3 is 1. The van der Waals surface area contributed by atoms with Crippen LogP contribution in [0.5, 0.6) is 5.75 Å². The number of pyridine rings is 1. The molecule has 1 aliphatic rings.